The average molecular weight is 233 g/mol. The normalized spacial score (nSPS) is 10.3. The van der Waals surface area contributed by atoms with Crippen molar-refractivity contribution in [2.45, 2.75) is 19.8 Å². The van der Waals surface area contributed by atoms with E-state index in [0.717, 1.165) is 28.4 Å². The van der Waals surface area contributed by atoms with E-state index in [0.29, 0.717) is 5.69 Å². The van der Waals surface area contributed by atoms with Crippen LogP contribution in [-0.4, -0.2) is 10.2 Å². The van der Waals surface area contributed by atoms with E-state index in [1.54, 1.807) is 12.1 Å². The molecule has 16 heavy (non-hydrogen) atoms. The zero-order chi connectivity index (χ0) is 11.4. The van der Waals surface area contributed by atoms with Crippen molar-refractivity contribution < 1.29 is 0 Å². The standard InChI is InChI=1S/C11H11N3OS/c1-2-5-10-12-13-11(16-10)8-6-3-4-7-9(8)14-15/h3-4,6-7H,2,5H2,1H3. The van der Waals surface area contributed by atoms with E-state index < -0.39 is 0 Å². The van der Waals surface area contributed by atoms with Crippen LogP contribution in [0.3, 0.4) is 0 Å². The van der Waals surface area contributed by atoms with E-state index in [1.165, 1.54) is 11.3 Å². The zero-order valence-electron chi connectivity index (χ0n) is 8.88. The van der Waals surface area contributed by atoms with Crippen LogP contribution in [0.1, 0.15) is 18.4 Å². The smallest absolute Gasteiger partial charge is 0.145 e. The van der Waals surface area contributed by atoms with Crippen LogP contribution in [0.5, 0.6) is 0 Å². The van der Waals surface area contributed by atoms with Gasteiger partial charge in [-0.15, -0.1) is 15.1 Å². The second-order valence-electron chi connectivity index (χ2n) is 3.36. The molecule has 0 fully saturated rings. The fraction of sp³-hybridized carbons (Fsp3) is 0.273. The minimum atomic E-state index is 0.418. The Kier molecular flexibility index (Phi) is 3.36. The number of aryl methyl sites for hydroxylation is 1. The van der Waals surface area contributed by atoms with Gasteiger partial charge >= 0.3 is 0 Å². The zero-order valence-corrected chi connectivity index (χ0v) is 9.70. The van der Waals surface area contributed by atoms with E-state index in [4.69, 9.17) is 0 Å². The van der Waals surface area contributed by atoms with Crippen molar-refractivity contribution in [1.29, 1.82) is 0 Å². The lowest BCUT2D eigenvalue weighted by atomic mass is 10.2. The van der Waals surface area contributed by atoms with Gasteiger partial charge in [0.1, 0.15) is 15.7 Å². The summed E-state index contributed by atoms with van der Waals surface area (Å²) in [5.74, 6) is 0. The largest absolute Gasteiger partial charge is 0.150 e. The molecule has 0 aliphatic carbocycles. The molecule has 0 unspecified atom stereocenters. The molecule has 0 atom stereocenters. The maximum atomic E-state index is 10.6. The van der Waals surface area contributed by atoms with Gasteiger partial charge in [0.2, 0.25) is 0 Å². The van der Waals surface area contributed by atoms with E-state index in [9.17, 15) is 4.91 Å². The summed E-state index contributed by atoms with van der Waals surface area (Å²) in [6.45, 7) is 2.10. The van der Waals surface area contributed by atoms with Crippen LogP contribution in [0, 0.1) is 4.91 Å². The van der Waals surface area contributed by atoms with Gasteiger partial charge in [-0.05, 0) is 23.7 Å². The first kappa shape index (κ1) is 10.9. The van der Waals surface area contributed by atoms with Gasteiger partial charge in [0.05, 0.1) is 0 Å². The first-order chi connectivity index (χ1) is 7.85. The van der Waals surface area contributed by atoms with Gasteiger partial charge in [0.15, 0.2) is 0 Å². The first-order valence-corrected chi connectivity index (χ1v) is 5.92. The topological polar surface area (TPSA) is 55.2 Å². The lowest BCUT2D eigenvalue weighted by Crippen LogP contribution is -1.80. The molecule has 0 radical (unpaired) electrons. The molecule has 0 bridgehead atoms. The molecule has 1 aromatic carbocycles. The van der Waals surface area contributed by atoms with Crippen LogP contribution in [-0.2, 0) is 6.42 Å². The number of rotatable bonds is 4. The van der Waals surface area contributed by atoms with Crippen molar-refractivity contribution in [3.05, 3.63) is 34.2 Å². The third kappa shape index (κ3) is 2.14. The molecule has 0 N–H and O–H groups in total. The van der Waals surface area contributed by atoms with Gasteiger partial charge in [-0.2, -0.15) is 0 Å². The fourth-order valence-electron chi connectivity index (χ4n) is 1.41. The lowest BCUT2D eigenvalue weighted by molar-refractivity contribution is 0.879. The Hall–Kier alpha value is -1.62. The van der Waals surface area contributed by atoms with E-state index in [-0.39, 0.29) is 0 Å². The highest BCUT2D eigenvalue weighted by atomic mass is 32.1. The molecule has 1 aromatic heterocycles. The molecular weight excluding hydrogens is 222 g/mol. The van der Waals surface area contributed by atoms with E-state index in [1.807, 2.05) is 12.1 Å². The summed E-state index contributed by atoms with van der Waals surface area (Å²) in [4.78, 5) is 10.6. The number of aromatic nitrogens is 2. The predicted octanol–water partition coefficient (Wildman–Crippen LogP) is 3.56. The number of hydrogen-bond donors (Lipinski definition) is 0. The van der Waals surface area contributed by atoms with Gasteiger partial charge in [-0.25, -0.2) is 0 Å². The maximum absolute atomic E-state index is 10.6. The molecule has 2 rings (SSSR count). The molecule has 0 amide bonds. The average Bonchev–Trinajstić information content (AvgIpc) is 2.78. The molecule has 0 spiro atoms. The molecule has 1 heterocycles. The summed E-state index contributed by atoms with van der Waals surface area (Å²) in [6, 6.07) is 7.18. The molecule has 82 valence electrons. The highest BCUT2D eigenvalue weighted by molar-refractivity contribution is 7.14. The number of hydrogen-bond acceptors (Lipinski definition) is 5. The SMILES string of the molecule is CCCc1nnc(-c2ccccc2N=O)s1. The fourth-order valence-corrected chi connectivity index (χ4v) is 2.39. The summed E-state index contributed by atoms with van der Waals surface area (Å²) in [5, 5.41) is 12.9. The van der Waals surface area contributed by atoms with Gasteiger partial charge in [0.25, 0.3) is 0 Å². The summed E-state index contributed by atoms with van der Waals surface area (Å²) in [5.41, 5.74) is 1.18. The summed E-state index contributed by atoms with van der Waals surface area (Å²) in [7, 11) is 0. The Morgan fingerprint density at radius 1 is 1.31 bits per heavy atom. The highest BCUT2D eigenvalue weighted by Gasteiger charge is 2.10. The van der Waals surface area contributed by atoms with Crippen LogP contribution < -0.4 is 0 Å². The van der Waals surface area contributed by atoms with E-state index >= 15 is 0 Å². The Morgan fingerprint density at radius 3 is 2.88 bits per heavy atom. The van der Waals surface area contributed by atoms with Gasteiger partial charge in [0, 0.05) is 12.0 Å². The van der Waals surface area contributed by atoms with Gasteiger partial charge in [-0.1, -0.05) is 30.4 Å². The van der Waals surface area contributed by atoms with Crippen molar-refractivity contribution in [3.8, 4) is 10.6 Å². The Morgan fingerprint density at radius 2 is 2.12 bits per heavy atom. The van der Waals surface area contributed by atoms with Gasteiger partial charge < -0.3 is 0 Å². The van der Waals surface area contributed by atoms with Crippen LogP contribution >= 0.6 is 11.3 Å². The predicted molar refractivity (Wildman–Crippen MR) is 64.8 cm³/mol. The highest BCUT2D eigenvalue weighted by Crippen LogP contribution is 2.32. The summed E-state index contributed by atoms with van der Waals surface area (Å²) >= 11 is 1.52. The molecule has 4 nitrogen and oxygen atoms in total. The monoisotopic (exact) mass is 233 g/mol. The second kappa shape index (κ2) is 4.94. The van der Waals surface area contributed by atoms with Crippen molar-refractivity contribution >= 4 is 17.0 Å². The lowest BCUT2D eigenvalue weighted by Gasteiger charge is -1.96. The van der Waals surface area contributed by atoms with Crippen molar-refractivity contribution in [3.63, 3.8) is 0 Å². The molecule has 0 saturated carbocycles. The third-order valence-electron chi connectivity index (χ3n) is 2.16. The molecule has 5 heteroatoms. The number of nitrogens with zero attached hydrogens (tertiary/aromatic N) is 3. The summed E-state index contributed by atoms with van der Waals surface area (Å²) in [6.07, 6.45) is 1.97. The molecule has 2 aromatic rings. The Bertz CT molecular complexity index is 495. The Labute approximate surface area is 97.3 Å². The number of nitroso groups, excluding NO2 is 1. The minimum Gasteiger partial charge on any atom is -0.145 e. The van der Waals surface area contributed by atoms with Crippen LogP contribution in [0.2, 0.25) is 0 Å². The summed E-state index contributed by atoms with van der Waals surface area (Å²) < 4.78 is 0. The van der Waals surface area contributed by atoms with Crippen molar-refractivity contribution in [2.75, 3.05) is 0 Å². The van der Waals surface area contributed by atoms with Crippen LogP contribution in [0.25, 0.3) is 10.6 Å². The molecule has 0 aliphatic heterocycles. The molecule has 0 aliphatic rings. The van der Waals surface area contributed by atoms with E-state index in [2.05, 4.69) is 22.3 Å². The third-order valence-corrected chi connectivity index (χ3v) is 3.18. The van der Waals surface area contributed by atoms with Crippen LogP contribution in [0.15, 0.2) is 29.4 Å². The van der Waals surface area contributed by atoms with Gasteiger partial charge in [-0.3, -0.25) is 0 Å². The number of benzene rings is 1. The first-order valence-electron chi connectivity index (χ1n) is 5.10. The minimum absolute atomic E-state index is 0.418. The Balaban J connectivity index is 2.38. The van der Waals surface area contributed by atoms with Crippen molar-refractivity contribution in [1.82, 2.24) is 10.2 Å². The van der Waals surface area contributed by atoms with Crippen molar-refractivity contribution in [2.24, 2.45) is 5.18 Å². The van der Waals surface area contributed by atoms with Crippen LogP contribution in [0.4, 0.5) is 5.69 Å². The maximum Gasteiger partial charge on any atom is 0.150 e. The quantitative estimate of drug-likeness (QED) is 0.759. The second-order valence-corrected chi connectivity index (χ2v) is 4.42. The molecular formula is C11H11N3OS. The molecule has 0 saturated heterocycles.